The quantitative estimate of drug-likeness (QED) is 0.601. The highest BCUT2D eigenvalue weighted by atomic mass is 16.5. The molecule has 27 heavy (non-hydrogen) atoms. The van der Waals surface area contributed by atoms with Gasteiger partial charge in [-0.1, -0.05) is 30.3 Å². The van der Waals surface area contributed by atoms with Crippen molar-refractivity contribution in [2.45, 2.75) is 64.0 Å². The minimum Gasteiger partial charge on any atom is -0.472 e. The Kier molecular flexibility index (Phi) is 5.16. The van der Waals surface area contributed by atoms with Crippen molar-refractivity contribution in [2.24, 2.45) is 0 Å². The summed E-state index contributed by atoms with van der Waals surface area (Å²) in [6, 6.07) is 9.80. The van der Waals surface area contributed by atoms with Gasteiger partial charge >= 0.3 is 5.97 Å². The van der Waals surface area contributed by atoms with Crippen molar-refractivity contribution in [2.75, 3.05) is 6.61 Å². The zero-order chi connectivity index (χ0) is 18.8. The van der Waals surface area contributed by atoms with E-state index < -0.39 is 0 Å². The summed E-state index contributed by atoms with van der Waals surface area (Å²) in [5.41, 5.74) is 2.24. The summed E-state index contributed by atoms with van der Waals surface area (Å²) in [7, 11) is 0. The van der Waals surface area contributed by atoms with Crippen LogP contribution < -0.4 is 0 Å². The first kappa shape index (κ1) is 18.0. The van der Waals surface area contributed by atoms with Gasteiger partial charge in [-0.05, 0) is 30.9 Å². The second-order valence-electron chi connectivity index (χ2n) is 7.42. The van der Waals surface area contributed by atoms with Gasteiger partial charge in [-0.15, -0.1) is 0 Å². The van der Waals surface area contributed by atoms with E-state index in [-0.39, 0.29) is 30.3 Å². The van der Waals surface area contributed by atoms with Gasteiger partial charge in [-0.3, -0.25) is 14.5 Å². The van der Waals surface area contributed by atoms with E-state index in [1.807, 2.05) is 37.3 Å². The lowest BCUT2D eigenvalue weighted by atomic mass is 9.96. The molecule has 0 aliphatic carbocycles. The SMILES string of the molecule is CC1CC(=C2OC3CC(=O)N3C2COCc2ccccc2)CCCC(=O)O1. The third-order valence-electron chi connectivity index (χ3n) is 5.31. The Morgan fingerprint density at radius 2 is 1.93 bits per heavy atom. The van der Waals surface area contributed by atoms with Crippen molar-refractivity contribution >= 4 is 11.9 Å². The third-order valence-corrected chi connectivity index (χ3v) is 5.31. The predicted octanol–water partition coefficient (Wildman–Crippen LogP) is 2.92. The Hall–Kier alpha value is -2.34. The highest BCUT2D eigenvalue weighted by Crippen LogP contribution is 2.40. The number of carbonyl (C=O) groups excluding carboxylic acids is 2. The van der Waals surface area contributed by atoms with Crippen LogP contribution in [-0.4, -0.2) is 41.8 Å². The molecular weight excluding hydrogens is 346 g/mol. The molecule has 3 aliphatic rings. The molecule has 0 radical (unpaired) electrons. The van der Waals surface area contributed by atoms with Crippen molar-refractivity contribution in [1.82, 2.24) is 4.90 Å². The Balaban J connectivity index is 1.49. The summed E-state index contributed by atoms with van der Waals surface area (Å²) in [6.07, 6.45) is 2.67. The second-order valence-corrected chi connectivity index (χ2v) is 7.42. The number of carbonyl (C=O) groups is 2. The van der Waals surface area contributed by atoms with Crippen LogP contribution in [0.5, 0.6) is 0 Å². The normalized spacial score (nSPS) is 30.7. The first-order valence-electron chi connectivity index (χ1n) is 9.62. The molecular formula is C21H25NO5. The summed E-state index contributed by atoms with van der Waals surface area (Å²) in [6.45, 7) is 2.81. The summed E-state index contributed by atoms with van der Waals surface area (Å²) in [5, 5.41) is 0. The monoisotopic (exact) mass is 371 g/mol. The fourth-order valence-electron chi connectivity index (χ4n) is 4.01. The Morgan fingerprint density at radius 1 is 1.11 bits per heavy atom. The fourth-order valence-corrected chi connectivity index (χ4v) is 4.01. The first-order valence-corrected chi connectivity index (χ1v) is 9.62. The first-order chi connectivity index (χ1) is 13.1. The molecule has 1 amide bonds. The molecule has 3 unspecified atom stereocenters. The van der Waals surface area contributed by atoms with Crippen molar-refractivity contribution in [3.63, 3.8) is 0 Å². The lowest BCUT2D eigenvalue weighted by Gasteiger charge is -2.34. The number of esters is 1. The smallest absolute Gasteiger partial charge is 0.306 e. The molecule has 144 valence electrons. The zero-order valence-electron chi connectivity index (χ0n) is 15.6. The number of ether oxygens (including phenoxy) is 3. The lowest BCUT2D eigenvalue weighted by molar-refractivity contribution is -0.158. The number of nitrogens with zero attached hydrogens (tertiary/aromatic N) is 1. The van der Waals surface area contributed by atoms with E-state index in [1.165, 1.54) is 0 Å². The van der Waals surface area contributed by atoms with E-state index in [0.29, 0.717) is 32.5 Å². The summed E-state index contributed by atoms with van der Waals surface area (Å²) in [5.74, 6) is 0.818. The molecule has 3 fully saturated rings. The number of cyclic esters (lactones) is 1. The number of fused-ring (bicyclic) bond motifs is 1. The second kappa shape index (κ2) is 7.72. The molecule has 0 bridgehead atoms. The number of β-lactam (4-membered cyclic amide) rings is 1. The molecule has 1 aromatic carbocycles. The number of benzene rings is 1. The van der Waals surface area contributed by atoms with E-state index in [4.69, 9.17) is 14.2 Å². The van der Waals surface area contributed by atoms with Gasteiger partial charge in [0.2, 0.25) is 5.91 Å². The van der Waals surface area contributed by atoms with E-state index in [2.05, 4.69) is 0 Å². The summed E-state index contributed by atoms with van der Waals surface area (Å²) < 4.78 is 17.5. The number of rotatable bonds is 4. The standard InChI is InChI=1S/C21H25NO5/c1-14-10-16(8-5-9-20(24)26-14)21-17(22-18(23)11-19(22)27-21)13-25-12-15-6-3-2-4-7-15/h2-4,6-7,14,17,19H,5,8-13H2,1H3. The summed E-state index contributed by atoms with van der Waals surface area (Å²) >= 11 is 0. The van der Waals surface area contributed by atoms with Crippen molar-refractivity contribution < 1.29 is 23.8 Å². The van der Waals surface area contributed by atoms with Crippen LogP contribution >= 0.6 is 0 Å². The van der Waals surface area contributed by atoms with Crippen molar-refractivity contribution in [1.29, 1.82) is 0 Å². The van der Waals surface area contributed by atoms with Gasteiger partial charge in [0.05, 0.1) is 19.6 Å². The van der Waals surface area contributed by atoms with E-state index in [9.17, 15) is 9.59 Å². The average molecular weight is 371 g/mol. The van der Waals surface area contributed by atoms with Gasteiger partial charge in [-0.2, -0.15) is 0 Å². The van der Waals surface area contributed by atoms with E-state index in [1.54, 1.807) is 4.90 Å². The minimum absolute atomic E-state index is 0.106. The molecule has 1 aromatic rings. The van der Waals surface area contributed by atoms with Crippen LogP contribution in [0.4, 0.5) is 0 Å². The topological polar surface area (TPSA) is 65.1 Å². The van der Waals surface area contributed by atoms with Crippen LogP contribution in [-0.2, 0) is 30.4 Å². The minimum atomic E-state index is -0.183. The number of hydrogen-bond donors (Lipinski definition) is 0. The van der Waals surface area contributed by atoms with E-state index >= 15 is 0 Å². The molecule has 3 aliphatic heterocycles. The van der Waals surface area contributed by atoms with Crippen molar-refractivity contribution in [3.8, 4) is 0 Å². The molecule has 3 heterocycles. The summed E-state index contributed by atoms with van der Waals surface area (Å²) in [4.78, 5) is 25.5. The molecule has 0 saturated carbocycles. The van der Waals surface area contributed by atoms with Crippen LogP contribution in [0.1, 0.15) is 44.6 Å². The van der Waals surface area contributed by atoms with Gasteiger partial charge < -0.3 is 14.2 Å². The van der Waals surface area contributed by atoms with Gasteiger partial charge in [0.15, 0.2) is 6.23 Å². The highest BCUT2D eigenvalue weighted by Gasteiger charge is 2.51. The average Bonchev–Trinajstić information content (AvgIpc) is 2.92. The fraction of sp³-hybridized carbons (Fsp3) is 0.524. The van der Waals surface area contributed by atoms with Crippen LogP contribution in [0.2, 0.25) is 0 Å². The number of hydrogen-bond acceptors (Lipinski definition) is 5. The Labute approximate surface area is 159 Å². The Bertz CT molecular complexity index is 744. The van der Waals surface area contributed by atoms with E-state index in [0.717, 1.165) is 29.7 Å². The predicted molar refractivity (Wildman–Crippen MR) is 97.3 cm³/mol. The molecule has 3 saturated heterocycles. The van der Waals surface area contributed by atoms with Crippen LogP contribution in [0.3, 0.4) is 0 Å². The molecule has 0 spiro atoms. The molecule has 0 aromatic heterocycles. The number of amides is 1. The van der Waals surface area contributed by atoms with Gasteiger partial charge in [0.1, 0.15) is 17.9 Å². The van der Waals surface area contributed by atoms with Crippen LogP contribution in [0, 0.1) is 0 Å². The van der Waals surface area contributed by atoms with Gasteiger partial charge in [-0.25, -0.2) is 0 Å². The van der Waals surface area contributed by atoms with Gasteiger partial charge in [0, 0.05) is 12.8 Å². The lowest BCUT2D eigenvalue weighted by Crippen LogP contribution is -2.53. The van der Waals surface area contributed by atoms with Crippen LogP contribution in [0.25, 0.3) is 0 Å². The van der Waals surface area contributed by atoms with Crippen molar-refractivity contribution in [3.05, 3.63) is 47.2 Å². The maximum atomic E-state index is 12.1. The molecule has 4 rings (SSSR count). The molecule has 3 atom stereocenters. The highest BCUT2D eigenvalue weighted by molar-refractivity contribution is 5.84. The van der Waals surface area contributed by atoms with Gasteiger partial charge in [0.25, 0.3) is 0 Å². The van der Waals surface area contributed by atoms with Crippen LogP contribution in [0.15, 0.2) is 41.7 Å². The Morgan fingerprint density at radius 3 is 2.70 bits per heavy atom. The maximum Gasteiger partial charge on any atom is 0.306 e. The maximum absolute atomic E-state index is 12.1. The molecule has 0 N–H and O–H groups in total. The largest absolute Gasteiger partial charge is 0.472 e. The molecule has 6 heteroatoms. The third kappa shape index (κ3) is 3.86. The zero-order valence-corrected chi connectivity index (χ0v) is 15.6. The molecule has 6 nitrogen and oxygen atoms in total.